The number of nitrogens with one attached hydrogen (secondary N) is 3. The van der Waals surface area contributed by atoms with Gasteiger partial charge in [-0.25, -0.2) is 4.79 Å². The third-order valence-electron chi connectivity index (χ3n) is 3.49. The van der Waals surface area contributed by atoms with Gasteiger partial charge >= 0.3 is 11.9 Å². The zero-order valence-corrected chi connectivity index (χ0v) is 15.4. The maximum atomic E-state index is 12.1. The Morgan fingerprint density at radius 2 is 1.46 bits per heavy atom. The average Bonchev–Trinajstić information content (AvgIpc) is 2.56. The molecule has 0 aliphatic carbocycles. The van der Waals surface area contributed by atoms with E-state index in [0.717, 1.165) is 0 Å². The lowest BCUT2D eigenvalue weighted by Gasteiger charge is -2.20. The van der Waals surface area contributed by atoms with Crippen LogP contribution in [-0.2, 0) is 28.8 Å². The SMILES string of the molecule is CC(C)C(N)C(=O)NCC(=O)NC(CC(=O)O)C(=O)NC(CC(N)=O)C(=O)O. The predicted molar refractivity (Wildman–Crippen MR) is 93.4 cm³/mol. The molecular weight excluding hydrogens is 378 g/mol. The predicted octanol–water partition coefficient (Wildman–Crippen LogP) is -3.51. The minimum atomic E-state index is -1.69. The molecular formula is C15H25N5O8. The van der Waals surface area contributed by atoms with Crippen molar-refractivity contribution in [1.82, 2.24) is 16.0 Å². The molecule has 0 aromatic heterocycles. The number of carbonyl (C=O) groups excluding carboxylic acids is 4. The number of hydrogen-bond donors (Lipinski definition) is 7. The molecule has 0 aliphatic heterocycles. The summed E-state index contributed by atoms with van der Waals surface area (Å²) in [5, 5.41) is 24.1. The van der Waals surface area contributed by atoms with Crippen molar-refractivity contribution < 1.29 is 39.0 Å². The van der Waals surface area contributed by atoms with Crippen molar-refractivity contribution in [3.05, 3.63) is 0 Å². The lowest BCUT2D eigenvalue weighted by molar-refractivity contribution is -0.144. The Morgan fingerprint density at radius 1 is 0.893 bits per heavy atom. The molecule has 3 atom stereocenters. The van der Waals surface area contributed by atoms with Gasteiger partial charge in [0.1, 0.15) is 12.1 Å². The van der Waals surface area contributed by atoms with Crippen LogP contribution in [0.3, 0.4) is 0 Å². The normalized spacial score (nSPS) is 13.7. The highest BCUT2D eigenvalue weighted by Gasteiger charge is 2.29. The first-order valence-electron chi connectivity index (χ1n) is 8.21. The zero-order valence-electron chi connectivity index (χ0n) is 15.4. The average molecular weight is 403 g/mol. The van der Waals surface area contributed by atoms with Crippen molar-refractivity contribution in [2.45, 2.75) is 44.8 Å². The van der Waals surface area contributed by atoms with Gasteiger partial charge in [-0.05, 0) is 5.92 Å². The number of carbonyl (C=O) groups is 6. The highest BCUT2D eigenvalue weighted by molar-refractivity contribution is 5.95. The monoisotopic (exact) mass is 403 g/mol. The largest absolute Gasteiger partial charge is 0.481 e. The molecule has 0 fully saturated rings. The van der Waals surface area contributed by atoms with Crippen LogP contribution in [0.15, 0.2) is 0 Å². The van der Waals surface area contributed by atoms with E-state index < -0.39 is 73.1 Å². The standard InChI is InChI=1S/C15H25N5O8/c1-6(2)12(17)14(26)18-5-10(22)19-7(4-11(23)24)13(25)20-8(15(27)28)3-9(16)21/h6-8,12H,3-5,17H2,1-2H3,(H2,16,21)(H,18,26)(H,19,22)(H,20,25)(H,23,24)(H,27,28). The fraction of sp³-hybridized carbons (Fsp3) is 0.600. The summed E-state index contributed by atoms with van der Waals surface area (Å²) in [7, 11) is 0. The Labute approximate surface area is 160 Å². The number of rotatable bonds is 12. The van der Waals surface area contributed by atoms with Gasteiger partial charge in [0.2, 0.25) is 23.6 Å². The minimum Gasteiger partial charge on any atom is -0.481 e. The Bertz CT molecular complexity index is 636. The van der Waals surface area contributed by atoms with Gasteiger partial charge in [-0.2, -0.15) is 0 Å². The third-order valence-corrected chi connectivity index (χ3v) is 3.49. The molecule has 9 N–H and O–H groups in total. The van der Waals surface area contributed by atoms with Crippen LogP contribution >= 0.6 is 0 Å². The van der Waals surface area contributed by atoms with Gasteiger partial charge in [0, 0.05) is 0 Å². The number of primary amides is 1. The van der Waals surface area contributed by atoms with Crippen molar-refractivity contribution in [1.29, 1.82) is 0 Å². The van der Waals surface area contributed by atoms with E-state index in [-0.39, 0.29) is 5.92 Å². The summed E-state index contributed by atoms with van der Waals surface area (Å²) < 4.78 is 0. The molecule has 0 radical (unpaired) electrons. The summed E-state index contributed by atoms with van der Waals surface area (Å²) in [6.07, 6.45) is -1.59. The van der Waals surface area contributed by atoms with E-state index in [1.54, 1.807) is 13.8 Å². The van der Waals surface area contributed by atoms with Crippen molar-refractivity contribution in [2.24, 2.45) is 17.4 Å². The van der Waals surface area contributed by atoms with Gasteiger partial charge in [0.15, 0.2) is 0 Å². The quantitative estimate of drug-likeness (QED) is 0.171. The molecule has 0 spiro atoms. The van der Waals surface area contributed by atoms with Crippen LogP contribution in [0.2, 0.25) is 0 Å². The van der Waals surface area contributed by atoms with E-state index in [2.05, 4.69) is 10.6 Å². The Balaban J connectivity index is 4.97. The first-order chi connectivity index (χ1) is 12.8. The second-order valence-corrected chi connectivity index (χ2v) is 6.28. The highest BCUT2D eigenvalue weighted by atomic mass is 16.4. The summed E-state index contributed by atoms with van der Waals surface area (Å²) in [5.41, 5.74) is 10.5. The van der Waals surface area contributed by atoms with Crippen molar-refractivity contribution in [3.8, 4) is 0 Å². The molecule has 0 saturated carbocycles. The first kappa shape index (κ1) is 24.8. The van der Waals surface area contributed by atoms with Crippen LogP contribution in [0.25, 0.3) is 0 Å². The van der Waals surface area contributed by atoms with Crippen LogP contribution in [0, 0.1) is 5.92 Å². The third kappa shape index (κ3) is 9.47. The van der Waals surface area contributed by atoms with Gasteiger partial charge in [0.25, 0.3) is 0 Å². The van der Waals surface area contributed by atoms with E-state index >= 15 is 0 Å². The molecule has 13 heteroatoms. The highest BCUT2D eigenvalue weighted by Crippen LogP contribution is 1.99. The van der Waals surface area contributed by atoms with Crippen LogP contribution < -0.4 is 27.4 Å². The van der Waals surface area contributed by atoms with E-state index in [1.165, 1.54) is 0 Å². The minimum absolute atomic E-state index is 0.188. The number of hydrogen-bond acceptors (Lipinski definition) is 7. The topological polar surface area (TPSA) is 231 Å². The van der Waals surface area contributed by atoms with Crippen LogP contribution in [0.4, 0.5) is 0 Å². The number of amides is 4. The number of nitrogens with two attached hydrogens (primary N) is 2. The van der Waals surface area contributed by atoms with Gasteiger partial charge < -0.3 is 37.6 Å². The Hall–Kier alpha value is -3.22. The summed E-state index contributed by atoms with van der Waals surface area (Å²) >= 11 is 0. The Kier molecular flexibility index (Phi) is 10.2. The van der Waals surface area contributed by atoms with Crippen LogP contribution in [0.5, 0.6) is 0 Å². The number of carboxylic acids is 2. The first-order valence-corrected chi connectivity index (χ1v) is 8.21. The lowest BCUT2D eigenvalue weighted by atomic mass is 10.1. The molecule has 0 rings (SSSR count). The van der Waals surface area contributed by atoms with Crippen molar-refractivity contribution in [3.63, 3.8) is 0 Å². The van der Waals surface area contributed by atoms with Gasteiger partial charge in [-0.1, -0.05) is 13.8 Å². The molecule has 13 nitrogen and oxygen atoms in total. The van der Waals surface area contributed by atoms with E-state index in [1.807, 2.05) is 5.32 Å². The maximum absolute atomic E-state index is 12.1. The summed E-state index contributed by atoms with van der Waals surface area (Å²) in [4.78, 5) is 68.6. The number of carboxylic acid groups (broad SMARTS) is 2. The van der Waals surface area contributed by atoms with Gasteiger partial charge in [-0.3, -0.25) is 24.0 Å². The molecule has 0 bridgehead atoms. The molecule has 0 aromatic rings. The smallest absolute Gasteiger partial charge is 0.326 e. The second kappa shape index (κ2) is 11.5. The molecule has 28 heavy (non-hydrogen) atoms. The molecule has 0 saturated heterocycles. The Morgan fingerprint density at radius 3 is 1.89 bits per heavy atom. The number of aliphatic carboxylic acids is 2. The fourth-order valence-corrected chi connectivity index (χ4v) is 1.89. The van der Waals surface area contributed by atoms with Gasteiger partial charge in [0.05, 0.1) is 25.4 Å². The molecule has 0 aromatic carbocycles. The second-order valence-electron chi connectivity index (χ2n) is 6.28. The molecule has 4 amide bonds. The maximum Gasteiger partial charge on any atom is 0.326 e. The summed E-state index contributed by atoms with van der Waals surface area (Å²) in [6.45, 7) is 2.82. The zero-order chi connectivity index (χ0) is 22.0. The molecule has 0 heterocycles. The fourth-order valence-electron chi connectivity index (χ4n) is 1.89. The van der Waals surface area contributed by atoms with E-state index in [9.17, 15) is 28.8 Å². The molecule has 0 aliphatic rings. The van der Waals surface area contributed by atoms with Crippen LogP contribution in [-0.4, -0.2) is 70.5 Å². The lowest BCUT2D eigenvalue weighted by Crippen LogP contribution is -2.55. The van der Waals surface area contributed by atoms with Gasteiger partial charge in [-0.15, -0.1) is 0 Å². The molecule has 158 valence electrons. The van der Waals surface area contributed by atoms with Crippen molar-refractivity contribution in [2.75, 3.05) is 6.54 Å². The molecule has 3 unspecified atom stereocenters. The van der Waals surface area contributed by atoms with Crippen molar-refractivity contribution >= 4 is 35.6 Å². The summed E-state index contributed by atoms with van der Waals surface area (Å²) in [5.74, 6) is -6.86. The van der Waals surface area contributed by atoms with Crippen LogP contribution in [0.1, 0.15) is 26.7 Å². The summed E-state index contributed by atoms with van der Waals surface area (Å²) in [6, 6.07) is -4.20. The van der Waals surface area contributed by atoms with E-state index in [4.69, 9.17) is 21.7 Å². The van der Waals surface area contributed by atoms with E-state index in [0.29, 0.717) is 0 Å².